The number of benzene rings is 2. The van der Waals surface area contributed by atoms with Gasteiger partial charge in [-0.15, -0.1) is 0 Å². The van der Waals surface area contributed by atoms with E-state index in [0.717, 1.165) is 5.56 Å². The van der Waals surface area contributed by atoms with E-state index in [1.54, 1.807) is 36.3 Å². The Morgan fingerprint density at radius 1 is 1.13 bits per heavy atom. The van der Waals surface area contributed by atoms with Crippen LogP contribution in [0.1, 0.15) is 5.56 Å². The van der Waals surface area contributed by atoms with Crippen molar-refractivity contribution in [2.75, 3.05) is 45.2 Å². The van der Waals surface area contributed by atoms with Gasteiger partial charge in [0, 0.05) is 48.5 Å². The fourth-order valence-corrected chi connectivity index (χ4v) is 3.35. The van der Waals surface area contributed by atoms with Crippen LogP contribution >= 0.6 is 11.6 Å². The number of ether oxygens (including phenoxy) is 1. The largest absolute Gasteiger partial charge is 0.496 e. The van der Waals surface area contributed by atoms with Crippen molar-refractivity contribution in [2.45, 2.75) is 0 Å². The van der Waals surface area contributed by atoms with Crippen LogP contribution in [0.5, 0.6) is 5.75 Å². The maximum Gasteiger partial charge on any atom is 0.246 e. The second kappa shape index (κ2) is 10.2. The van der Waals surface area contributed by atoms with Crippen molar-refractivity contribution in [3.05, 3.63) is 64.9 Å². The number of methoxy groups -OCH3 is 1. The molecule has 0 unspecified atom stereocenters. The number of anilines is 1. The lowest BCUT2D eigenvalue weighted by molar-refractivity contribution is -0.127. The number of carbonyl (C=O) groups excluding carboxylic acids is 2. The normalized spacial score (nSPS) is 14.7. The summed E-state index contributed by atoms with van der Waals surface area (Å²) in [7, 11) is 1.56. The van der Waals surface area contributed by atoms with Crippen molar-refractivity contribution in [1.82, 2.24) is 9.80 Å². The van der Waals surface area contributed by atoms with Gasteiger partial charge in [-0.25, -0.2) is 4.39 Å². The first-order valence-corrected chi connectivity index (χ1v) is 9.90. The lowest BCUT2D eigenvalue weighted by atomic mass is 10.2. The first-order valence-electron chi connectivity index (χ1n) is 9.53. The van der Waals surface area contributed by atoms with Gasteiger partial charge in [0.15, 0.2) is 0 Å². The van der Waals surface area contributed by atoms with Gasteiger partial charge < -0.3 is 15.0 Å². The molecular weight excluding hydrogens is 409 g/mol. The lowest BCUT2D eigenvalue weighted by Crippen LogP contribution is -2.50. The van der Waals surface area contributed by atoms with Crippen molar-refractivity contribution in [1.29, 1.82) is 0 Å². The van der Waals surface area contributed by atoms with Gasteiger partial charge in [-0.1, -0.05) is 11.6 Å². The lowest BCUT2D eigenvalue weighted by Gasteiger charge is -2.33. The van der Waals surface area contributed by atoms with Gasteiger partial charge in [0.2, 0.25) is 11.8 Å². The number of halogens is 2. The minimum atomic E-state index is -0.350. The SMILES string of the molecule is COc1ccc(Cl)cc1C=CC(=O)N1CCN(CC(=O)Nc2ccc(F)cc2)CC1. The summed E-state index contributed by atoms with van der Waals surface area (Å²) in [4.78, 5) is 28.4. The summed E-state index contributed by atoms with van der Waals surface area (Å²) in [5.74, 6) is 0.0128. The van der Waals surface area contributed by atoms with Gasteiger partial charge in [-0.05, 0) is 48.5 Å². The van der Waals surface area contributed by atoms with Gasteiger partial charge in [-0.3, -0.25) is 14.5 Å². The predicted molar refractivity (Wildman–Crippen MR) is 115 cm³/mol. The highest BCUT2D eigenvalue weighted by Gasteiger charge is 2.21. The minimum absolute atomic E-state index is 0.104. The predicted octanol–water partition coefficient (Wildman–Crippen LogP) is 3.28. The third-order valence-electron chi connectivity index (χ3n) is 4.78. The van der Waals surface area contributed by atoms with Gasteiger partial charge in [0.1, 0.15) is 11.6 Å². The molecular formula is C22H23ClFN3O3. The van der Waals surface area contributed by atoms with Crippen molar-refractivity contribution in [3.63, 3.8) is 0 Å². The quantitative estimate of drug-likeness (QED) is 0.713. The molecule has 0 atom stereocenters. The molecule has 0 saturated carbocycles. The summed E-state index contributed by atoms with van der Waals surface area (Å²) in [6.45, 7) is 2.46. The molecule has 1 N–H and O–H groups in total. The third-order valence-corrected chi connectivity index (χ3v) is 5.01. The molecule has 158 valence electrons. The molecule has 0 aromatic heterocycles. The van der Waals surface area contributed by atoms with E-state index in [1.165, 1.54) is 30.3 Å². The summed E-state index contributed by atoms with van der Waals surface area (Å²) in [5, 5.41) is 3.31. The number of piperazine rings is 1. The molecule has 30 heavy (non-hydrogen) atoms. The van der Waals surface area contributed by atoms with E-state index in [9.17, 15) is 14.0 Å². The topological polar surface area (TPSA) is 61.9 Å². The average Bonchev–Trinajstić information content (AvgIpc) is 2.74. The highest BCUT2D eigenvalue weighted by atomic mass is 35.5. The molecule has 1 fully saturated rings. The van der Waals surface area contributed by atoms with Crippen LogP contribution in [-0.4, -0.2) is 61.4 Å². The summed E-state index contributed by atoms with van der Waals surface area (Å²) < 4.78 is 18.2. The number of hydrogen-bond acceptors (Lipinski definition) is 4. The summed E-state index contributed by atoms with van der Waals surface area (Å²) in [5.41, 5.74) is 1.28. The number of carbonyl (C=O) groups is 2. The van der Waals surface area contributed by atoms with E-state index < -0.39 is 0 Å². The second-order valence-electron chi connectivity index (χ2n) is 6.88. The first-order chi connectivity index (χ1) is 14.4. The molecule has 2 aromatic carbocycles. The molecule has 1 aliphatic heterocycles. The van der Waals surface area contributed by atoms with Gasteiger partial charge in [0.25, 0.3) is 0 Å². The molecule has 2 aromatic rings. The maximum absolute atomic E-state index is 12.9. The zero-order valence-corrected chi connectivity index (χ0v) is 17.4. The average molecular weight is 432 g/mol. The molecule has 3 rings (SSSR count). The van der Waals surface area contributed by atoms with Crippen molar-refractivity contribution in [3.8, 4) is 5.75 Å². The molecule has 0 spiro atoms. The van der Waals surface area contributed by atoms with Crippen LogP contribution in [0.2, 0.25) is 5.02 Å². The molecule has 0 radical (unpaired) electrons. The van der Waals surface area contributed by atoms with Crippen LogP contribution in [0.15, 0.2) is 48.5 Å². The molecule has 8 heteroatoms. The van der Waals surface area contributed by atoms with Crippen LogP contribution in [0, 0.1) is 5.82 Å². The second-order valence-corrected chi connectivity index (χ2v) is 7.31. The monoisotopic (exact) mass is 431 g/mol. The number of nitrogens with zero attached hydrogens (tertiary/aromatic N) is 2. The van der Waals surface area contributed by atoms with Gasteiger partial charge >= 0.3 is 0 Å². The van der Waals surface area contributed by atoms with Crippen molar-refractivity contribution < 1.29 is 18.7 Å². The first kappa shape index (κ1) is 21.8. The number of hydrogen-bond donors (Lipinski definition) is 1. The summed E-state index contributed by atoms with van der Waals surface area (Å²) in [6.07, 6.45) is 3.20. The fourth-order valence-electron chi connectivity index (χ4n) is 3.17. The zero-order chi connectivity index (χ0) is 21.5. The highest BCUT2D eigenvalue weighted by molar-refractivity contribution is 6.30. The Morgan fingerprint density at radius 3 is 2.50 bits per heavy atom. The summed E-state index contributed by atoms with van der Waals surface area (Å²) >= 11 is 6.01. The Kier molecular flexibility index (Phi) is 7.43. The standard InChI is InChI=1S/C22H23ClFN3O3/c1-30-20-8-3-17(23)14-16(20)2-9-22(29)27-12-10-26(11-13-27)15-21(28)25-19-6-4-18(24)5-7-19/h2-9,14H,10-13,15H2,1H3,(H,25,28). The number of nitrogens with one attached hydrogen (secondary N) is 1. The van der Waals surface area contributed by atoms with E-state index in [1.807, 2.05) is 4.90 Å². The van der Waals surface area contributed by atoms with Gasteiger partial charge in [0.05, 0.1) is 13.7 Å². The minimum Gasteiger partial charge on any atom is -0.496 e. The van der Waals surface area contributed by atoms with Gasteiger partial charge in [-0.2, -0.15) is 0 Å². The number of amides is 2. The van der Waals surface area contributed by atoms with E-state index in [2.05, 4.69) is 5.32 Å². The van der Waals surface area contributed by atoms with Crippen molar-refractivity contribution >= 4 is 35.2 Å². The molecule has 1 saturated heterocycles. The summed E-state index contributed by atoms with van der Waals surface area (Å²) in [6, 6.07) is 10.9. The Labute approximate surface area is 179 Å². The molecule has 0 bridgehead atoms. The Bertz CT molecular complexity index is 926. The fraction of sp³-hybridized carbons (Fsp3) is 0.273. The van der Waals surface area contributed by atoms with Crippen LogP contribution in [0.3, 0.4) is 0 Å². The molecule has 2 amide bonds. The molecule has 0 aliphatic carbocycles. The van der Waals surface area contributed by atoms with Crippen LogP contribution < -0.4 is 10.1 Å². The smallest absolute Gasteiger partial charge is 0.246 e. The van der Waals surface area contributed by atoms with E-state index in [-0.39, 0.29) is 24.2 Å². The number of rotatable bonds is 6. The third kappa shape index (κ3) is 6.05. The van der Waals surface area contributed by atoms with Crippen molar-refractivity contribution in [2.24, 2.45) is 0 Å². The Balaban J connectivity index is 1.48. The maximum atomic E-state index is 12.9. The van der Waals surface area contributed by atoms with Crippen LogP contribution in [0.25, 0.3) is 6.08 Å². The van der Waals surface area contributed by atoms with Crippen LogP contribution in [-0.2, 0) is 9.59 Å². The van der Waals surface area contributed by atoms with E-state index in [0.29, 0.717) is 42.6 Å². The molecule has 1 heterocycles. The zero-order valence-electron chi connectivity index (χ0n) is 16.6. The highest BCUT2D eigenvalue weighted by Crippen LogP contribution is 2.24. The van der Waals surface area contributed by atoms with E-state index in [4.69, 9.17) is 16.3 Å². The Morgan fingerprint density at radius 2 is 1.83 bits per heavy atom. The Hall–Kier alpha value is -2.90. The molecule has 1 aliphatic rings. The molecule has 6 nitrogen and oxygen atoms in total. The van der Waals surface area contributed by atoms with Crippen LogP contribution in [0.4, 0.5) is 10.1 Å². The van der Waals surface area contributed by atoms with E-state index >= 15 is 0 Å².